The van der Waals surface area contributed by atoms with Gasteiger partial charge in [0.1, 0.15) is 16.9 Å². The number of carbonyl (C=O) groups is 1. The van der Waals surface area contributed by atoms with E-state index in [0.717, 1.165) is 59.9 Å². The highest BCUT2D eigenvalue weighted by molar-refractivity contribution is 5.91. The molecule has 3 heterocycles. The van der Waals surface area contributed by atoms with Crippen molar-refractivity contribution in [3.05, 3.63) is 113 Å². The predicted octanol–water partition coefficient (Wildman–Crippen LogP) is 7.24. The largest absolute Gasteiger partial charge is 0.486 e. The summed E-state index contributed by atoms with van der Waals surface area (Å²) < 4.78 is 15.6. The van der Waals surface area contributed by atoms with Crippen LogP contribution in [0.5, 0.6) is 5.75 Å². The highest BCUT2D eigenvalue weighted by Gasteiger charge is 2.46. The number of fused-ring (bicyclic) bond motifs is 1. The smallest absolute Gasteiger partial charge is 0.341 e. The van der Waals surface area contributed by atoms with Crippen LogP contribution in [0.3, 0.4) is 0 Å². The van der Waals surface area contributed by atoms with Crippen LogP contribution in [0.15, 0.2) is 85.2 Å². The molecular weight excluding hydrogens is 588 g/mol. The molecule has 1 fully saturated rings. The second-order valence-corrected chi connectivity index (χ2v) is 13.3. The summed E-state index contributed by atoms with van der Waals surface area (Å²) in [4.78, 5) is 15.6. The number of hydrogen-bond acceptors (Lipinski definition) is 7. The van der Waals surface area contributed by atoms with Crippen LogP contribution in [0.25, 0.3) is 16.8 Å². The minimum atomic E-state index is -0.350. The first-order valence-corrected chi connectivity index (χ1v) is 16.6. The van der Waals surface area contributed by atoms with Crippen molar-refractivity contribution in [2.75, 3.05) is 13.2 Å². The summed E-state index contributed by atoms with van der Waals surface area (Å²) in [5, 5.41) is 13.2. The normalized spacial score (nSPS) is 20.2. The molecule has 0 amide bonds. The van der Waals surface area contributed by atoms with E-state index < -0.39 is 0 Å². The van der Waals surface area contributed by atoms with Crippen molar-refractivity contribution in [1.29, 1.82) is 0 Å². The fourth-order valence-electron chi connectivity index (χ4n) is 7.17. The standard InChI is InChI=1S/C38H42N6O3/c1-6-34-29-16-8-9-17-35(29)47-38(3,4)24-43(34)22-25-12-10-13-26(18-25)27-14-11-15-28(19-27)44-36(32(21-39-44)37(45)46-7-2)31-20-30(31)33-23-42(5)41-40-33/h8-19,21,23,30-31,34H,6-7,20,22,24H2,1-5H3/t30-,31-,34+/m1/s1. The molecule has 1 saturated carbocycles. The Morgan fingerprint density at radius 3 is 2.55 bits per heavy atom. The molecule has 1 aliphatic heterocycles. The van der Waals surface area contributed by atoms with Gasteiger partial charge in [-0.25, -0.2) is 9.48 Å². The van der Waals surface area contributed by atoms with E-state index in [1.807, 2.05) is 30.9 Å². The van der Waals surface area contributed by atoms with Gasteiger partial charge >= 0.3 is 5.97 Å². The summed E-state index contributed by atoms with van der Waals surface area (Å²) >= 11 is 0. The minimum absolute atomic E-state index is 0.0964. The Kier molecular flexibility index (Phi) is 8.18. The van der Waals surface area contributed by atoms with Crippen LogP contribution in [-0.4, -0.2) is 54.4 Å². The first kappa shape index (κ1) is 30.9. The van der Waals surface area contributed by atoms with Gasteiger partial charge in [-0.15, -0.1) is 5.10 Å². The van der Waals surface area contributed by atoms with Gasteiger partial charge in [0, 0.05) is 49.8 Å². The molecule has 2 aromatic heterocycles. The number of hydrogen-bond donors (Lipinski definition) is 0. The van der Waals surface area contributed by atoms with Gasteiger partial charge in [-0.1, -0.05) is 60.7 Å². The summed E-state index contributed by atoms with van der Waals surface area (Å²) in [6.07, 6.45) is 5.46. The van der Waals surface area contributed by atoms with Crippen molar-refractivity contribution >= 4 is 5.97 Å². The van der Waals surface area contributed by atoms with Gasteiger partial charge in [0.05, 0.1) is 29.9 Å². The highest BCUT2D eigenvalue weighted by Crippen LogP contribution is 2.55. The molecule has 0 N–H and O–H groups in total. The lowest BCUT2D eigenvalue weighted by Crippen LogP contribution is -2.41. The van der Waals surface area contributed by atoms with Gasteiger partial charge in [0.15, 0.2) is 0 Å². The Morgan fingerprint density at radius 1 is 1.00 bits per heavy atom. The number of carbonyl (C=O) groups excluding carboxylic acids is 1. The molecule has 1 aliphatic carbocycles. The van der Waals surface area contributed by atoms with Crippen molar-refractivity contribution in [2.24, 2.45) is 7.05 Å². The van der Waals surface area contributed by atoms with Crippen LogP contribution < -0.4 is 4.74 Å². The number of nitrogens with zero attached hydrogens (tertiary/aromatic N) is 6. The fourth-order valence-corrected chi connectivity index (χ4v) is 7.17. The minimum Gasteiger partial charge on any atom is -0.486 e. The van der Waals surface area contributed by atoms with Crippen LogP contribution in [0, 0.1) is 0 Å². The van der Waals surface area contributed by atoms with Crippen LogP contribution in [0.1, 0.15) is 91.3 Å². The van der Waals surface area contributed by atoms with Gasteiger partial charge in [0.2, 0.25) is 0 Å². The molecule has 0 unspecified atom stereocenters. The number of ether oxygens (including phenoxy) is 2. The van der Waals surface area contributed by atoms with Gasteiger partial charge in [-0.05, 0) is 74.6 Å². The monoisotopic (exact) mass is 630 g/mol. The summed E-state index contributed by atoms with van der Waals surface area (Å²) in [6, 6.07) is 25.9. The number of aryl methyl sites for hydroxylation is 1. The molecule has 0 radical (unpaired) electrons. The van der Waals surface area contributed by atoms with E-state index in [4.69, 9.17) is 14.6 Å². The molecule has 9 nitrogen and oxygen atoms in total. The maximum atomic E-state index is 13.0. The molecule has 0 spiro atoms. The summed E-state index contributed by atoms with van der Waals surface area (Å²) in [6.45, 7) is 10.4. The zero-order valence-corrected chi connectivity index (χ0v) is 27.8. The van der Waals surface area contributed by atoms with E-state index in [-0.39, 0.29) is 29.4 Å². The number of para-hydroxylation sites is 1. The zero-order valence-electron chi connectivity index (χ0n) is 27.8. The molecule has 9 heteroatoms. The third-order valence-corrected chi connectivity index (χ3v) is 9.26. The van der Waals surface area contributed by atoms with E-state index in [9.17, 15) is 4.79 Å². The topological polar surface area (TPSA) is 87.3 Å². The van der Waals surface area contributed by atoms with Gasteiger partial charge in [-0.2, -0.15) is 5.10 Å². The van der Waals surface area contributed by atoms with Crippen molar-refractivity contribution in [3.63, 3.8) is 0 Å². The maximum absolute atomic E-state index is 13.0. The van der Waals surface area contributed by atoms with E-state index >= 15 is 0 Å². The van der Waals surface area contributed by atoms with Gasteiger partial charge < -0.3 is 9.47 Å². The van der Waals surface area contributed by atoms with E-state index in [0.29, 0.717) is 12.2 Å². The van der Waals surface area contributed by atoms with Crippen molar-refractivity contribution in [3.8, 4) is 22.6 Å². The third kappa shape index (κ3) is 6.20. The molecule has 242 valence electrons. The van der Waals surface area contributed by atoms with Gasteiger partial charge in [-0.3, -0.25) is 9.58 Å². The van der Waals surface area contributed by atoms with Gasteiger partial charge in [0.25, 0.3) is 0 Å². The molecule has 47 heavy (non-hydrogen) atoms. The lowest BCUT2D eigenvalue weighted by molar-refractivity contribution is 0.0523. The lowest BCUT2D eigenvalue weighted by Gasteiger charge is -2.33. The Hall–Kier alpha value is -4.76. The highest BCUT2D eigenvalue weighted by atomic mass is 16.5. The summed E-state index contributed by atoms with van der Waals surface area (Å²) in [7, 11) is 1.87. The number of esters is 1. The average Bonchev–Trinajstić information content (AvgIpc) is 3.54. The quantitative estimate of drug-likeness (QED) is 0.159. The lowest BCUT2D eigenvalue weighted by atomic mass is 9.99. The molecular formula is C38H42N6O3. The van der Waals surface area contributed by atoms with Crippen molar-refractivity contribution in [1.82, 2.24) is 29.7 Å². The number of benzene rings is 3. The predicted molar refractivity (Wildman–Crippen MR) is 181 cm³/mol. The van der Waals surface area contributed by atoms with Crippen molar-refractivity contribution in [2.45, 2.75) is 70.6 Å². The van der Waals surface area contributed by atoms with E-state index in [1.165, 1.54) is 11.1 Å². The Labute approximate surface area is 276 Å². The van der Waals surface area contributed by atoms with Crippen LogP contribution in [0.2, 0.25) is 0 Å². The van der Waals surface area contributed by atoms with E-state index in [1.54, 1.807) is 10.9 Å². The van der Waals surface area contributed by atoms with E-state index in [2.05, 4.69) is 103 Å². The summed E-state index contributed by atoms with van der Waals surface area (Å²) in [5.41, 5.74) is 7.59. The maximum Gasteiger partial charge on any atom is 0.341 e. The SMILES string of the molecule is CCOC(=O)c1cnn(-c2cccc(-c3cccc(CN4CC(C)(C)Oc5ccccc5[C@@H]4CC)c3)c2)c1[C@@H]1C[C@H]1c1cn(C)nn1. The Bertz CT molecular complexity index is 1910. The van der Waals surface area contributed by atoms with Crippen LogP contribution in [0.4, 0.5) is 0 Å². The second kappa shape index (κ2) is 12.4. The molecule has 7 rings (SSSR count). The molecule has 0 bridgehead atoms. The molecule has 0 saturated heterocycles. The molecule has 5 aromatic rings. The molecule has 3 atom stereocenters. The van der Waals surface area contributed by atoms with Crippen molar-refractivity contribution < 1.29 is 14.3 Å². The zero-order chi connectivity index (χ0) is 32.7. The number of aromatic nitrogens is 5. The van der Waals surface area contributed by atoms with Crippen LogP contribution >= 0.6 is 0 Å². The number of rotatable bonds is 9. The Balaban J connectivity index is 1.19. The second-order valence-electron chi connectivity index (χ2n) is 13.3. The molecule has 3 aromatic carbocycles. The summed E-state index contributed by atoms with van der Waals surface area (Å²) in [5.74, 6) is 0.910. The molecule has 2 aliphatic rings. The van der Waals surface area contributed by atoms with Crippen LogP contribution in [-0.2, 0) is 18.3 Å². The Morgan fingerprint density at radius 2 is 1.79 bits per heavy atom. The first-order valence-electron chi connectivity index (χ1n) is 16.6. The first-order chi connectivity index (χ1) is 22.7. The average molecular weight is 631 g/mol. The third-order valence-electron chi connectivity index (χ3n) is 9.26. The fraction of sp³-hybridized carbons (Fsp3) is 0.368.